The largest absolute Gasteiger partial charge is 0.469 e. The van der Waals surface area contributed by atoms with Crippen molar-refractivity contribution in [2.45, 2.75) is 31.4 Å². The zero-order valence-electron chi connectivity index (χ0n) is 12.6. The maximum absolute atomic E-state index is 11.7. The van der Waals surface area contributed by atoms with E-state index in [9.17, 15) is 9.59 Å². The van der Waals surface area contributed by atoms with Crippen LogP contribution in [-0.2, 0) is 20.7 Å². The predicted molar refractivity (Wildman–Crippen MR) is 86.3 cm³/mol. The standard InChI is InChI=1S/C16H23NO3S/c1-13(11-16(19)20-2)21-12-15(18)17-10-6-9-14-7-4-3-5-8-14/h3-5,7-8,13H,6,9-12H2,1-2H3,(H,17,18). The Labute approximate surface area is 130 Å². The van der Waals surface area contributed by atoms with Crippen molar-refractivity contribution in [2.75, 3.05) is 19.4 Å². The van der Waals surface area contributed by atoms with Gasteiger partial charge in [0.15, 0.2) is 0 Å². The Morgan fingerprint density at radius 3 is 2.67 bits per heavy atom. The van der Waals surface area contributed by atoms with Crippen LogP contribution in [0.15, 0.2) is 30.3 Å². The summed E-state index contributed by atoms with van der Waals surface area (Å²) in [6.07, 6.45) is 2.23. The first-order valence-corrected chi connectivity index (χ1v) is 8.15. The van der Waals surface area contributed by atoms with Crippen LogP contribution >= 0.6 is 11.8 Å². The lowest BCUT2D eigenvalue weighted by molar-refractivity contribution is -0.140. The molecule has 1 amide bonds. The van der Waals surface area contributed by atoms with Gasteiger partial charge in [0.1, 0.15) is 0 Å². The zero-order valence-corrected chi connectivity index (χ0v) is 13.4. The minimum atomic E-state index is -0.238. The van der Waals surface area contributed by atoms with Gasteiger partial charge in [-0.05, 0) is 18.4 Å². The third kappa shape index (κ3) is 8.40. The van der Waals surface area contributed by atoms with E-state index in [4.69, 9.17) is 0 Å². The van der Waals surface area contributed by atoms with Crippen LogP contribution in [0.25, 0.3) is 0 Å². The Morgan fingerprint density at radius 1 is 1.29 bits per heavy atom. The molecule has 1 N–H and O–H groups in total. The monoisotopic (exact) mass is 309 g/mol. The maximum atomic E-state index is 11.7. The summed E-state index contributed by atoms with van der Waals surface area (Å²) < 4.78 is 4.60. The molecule has 0 saturated carbocycles. The van der Waals surface area contributed by atoms with Crippen LogP contribution in [0, 0.1) is 0 Å². The van der Waals surface area contributed by atoms with Gasteiger partial charge < -0.3 is 10.1 Å². The van der Waals surface area contributed by atoms with Crippen molar-refractivity contribution in [1.29, 1.82) is 0 Å². The smallest absolute Gasteiger partial charge is 0.306 e. The molecule has 1 rings (SSSR count). The molecule has 1 aromatic rings. The van der Waals surface area contributed by atoms with E-state index < -0.39 is 0 Å². The van der Waals surface area contributed by atoms with Gasteiger partial charge >= 0.3 is 5.97 Å². The molecule has 0 aromatic heterocycles. The van der Waals surface area contributed by atoms with Crippen molar-refractivity contribution in [3.05, 3.63) is 35.9 Å². The molecule has 0 heterocycles. The Balaban J connectivity index is 2.07. The molecule has 0 aliphatic heterocycles. The van der Waals surface area contributed by atoms with Crippen LogP contribution in [0.1, 0.15) is 25.3 Å². The van der Waals surface area contributed by atoms with Crippen LogP contribution in [-0.4, -0.2) is 36.5 Å². The van der Waals surface area contributed by atoms with Crippen molar-refractivity contribution in [2.24, 2.45) is 0 Å². The first-order valence-electron chi connectivity index (χ1n) is 7.11. The number of hydrogen-bond acceptors (Lipinski definition) is 4. The molecular formula is C16H23NO3S. The summed E-state index contributed by atoms with van der Waals surface area (Å²) in [5.41, 5.74) is 1.29. The third-order valence-electron chi connectivity index (χ3n) is 2.99. The normalized spacial score (nSPS) is 11.7. The van der Waals surface area contributed by atoms with Crippen molar-refractivity contribution in [3.63, 3.8) is 0 Å². The summed E-state index contributed by atoms with van der Waals surface area (Å²) in [6.45, 7) is 2.60. The van der Waals surface area contributed by atoms with Crippen molar-refractivity contribution >= 4 is 23.6 Å². The number of benzene rings is 1. The average molecular weight is 309 g/mol. The number of hydrogen-bond donors (Lipinski definition) is 1. The summed E-state index contributed by atoms with van der Waals surface area (Å²) in [7, 11) is 1.37. The number of methoxy groups -OCH3 is 1. The molecule has 21 heavy (non-hydrogen) atoms. The first-order chi connectivity index (χ1) is 10.1. The third-order valence-corrected chi connectivity index (χ3v) is 4.15. The second-order valence-corrected chi connectivity index (χ2v) is 6.27. The second kappa shape index (κ2) is 10.3. The number of carbonyl (C=O) groups is 2. The number of thioether (sulfide) groups is 1. The summed E-state index contributed by atoms with van der Waals surface area (Å²) >= 11 is 1.47. The van der Waals surface area contributed by atoms with E-state index in [-0.39, 0.29) is 17.1 Å². The van der Waals surface area contributed by atoms with Gasteiger partial charge in [0, 0.05) is 11.8 Å². The molecule has 0 aliphatic carbocycles. The minimum Gasteiger partial charge on any atom is -0.469 e. The Hall–Kier alpha value is -1.49. The molecule has 116 valence electrons. The lowest BCUT2D eigenvalue weighted by Gasteiger charge is -2.10. The van der Waals surface area contributed by atoms with Crippen molar-refractivity contribution in [1.82, 2.24) is 5.32 Å². The maximum Gasteiger partial charge on any atom is 0.306 e. The molecule has 0 aliphatic rings. The highest BCUT2D eigenvalue weighted by Crippen LogP contribution is 2.14. The number of rotatable bonds is 9. The number of esters is 1. The van der Waals surface area contributed by atoms with Crippen molar-refractivity contribution < 1.29 is 14.3 Å². The molecule has 5 heteroatoms. The van der Waals surface area contributed by atoms with Gasteiger partial charge in [0.05, 0.1) is 19.3 Å². The first kappa shape index (κ1) is 17.6. The van der Waals surface area contributed by atoms with E-state index in [2.05, 4.69) is 22.2 Å². The van der Waals surface area contributed by atoms with Crippen molar-refractivity contribution in [3.8, 4) is 0 Å². The number of ether oxygens (including phenoxy) is 1. The fraction of sp³-hybridized carbons (Fsp3) is 0.500. The van der Waals surface area contributed by atoms with Crippen LogP contribution in [0.4, 0.5) is 0 Å². The van der Waals surface area contributed by atoms with E-state index in [1.165, 1.54) is 24.4 Å². The molecule has 0 spiro atoms. The van der Waals surface area contributed by atoms with E-state index in [1.807, 2.05) is 25.1 Å². The van der Waals surface area contributed by atoms with Gasteiger partial charge in [-0.3, -0.25) is 9.59 Å². The number of carbonyl (C=O) groups excluding carboxylic acids is 2. The van der Waals surface area contributed by atoms with Crippen LogP contribution < -0.4 is 5.32 Å². The quantitative estimate of drug-likeness (QED) is 0.562. The molecule has 0 bridgehead atoms. The fourth-order valence-corrected chi connectivity index (χ4v) is 2.60. The minimum absolute atomic E-state index is 0.0183. The lowest BCUT2D eigenvalue weighted by atomic mass is 10.1. The Bertz CT molecular complexity index is 436. The topological polar surface area (TPSA) is 55.4 Å². The van der Waals surface area contributed by atoms with E-state index >= 15 is 0 Å². The Morgan fingerprint density at radius 2 is 2.00 bits per heavy atom. The number of aryl methyl sites for hydroxylation is 1. The fourth-order valence-electron chi connectivity index (χ4n) is 1.81. The molecule has 0 saturated heterocycles. The SMILES string of the molecule is COC(=O)CC(C)SCC(=O)NCCCc1ccccc1. The zero-order chi connectivity index (χ0) is 15.5. The summed E-state index contributed by atoms with van der Waals surface area (Å²) in [5.74, 6) is 0.159. The van der Waals surface area contributed by atoms with Crippen LogP contribution in [0.5, 0.6) is 0 Å². The van der Waals surface area contributed by atoms with Crippen LogP contribution in [0.3, 0.4) is 0 Å². The average Bonchev–Trinajstić information content (AvgIpc) is 2.50. The van der Waals surface area contributed by atoms with E-state index in [0.717, 1.165) is 12.8 Å². The number of amides is 1. The van der Waals surface area contributed by atoms with Gasteiger partial charge in [0.2, 0.25) is 5.91 Å². The molecule has 1 aromatic carbocycles. The van der Waals surface area contributed by atoms with Gasteiger partial charge in [-0.1, -0.05) is 37.3 Å². The highest BCUT2D eigenvalue weighted by Gasteiger charge is 2.11. The summed E-state index contributed by atoms with van der Waals surface area (Å²) in [5, 5.41) is 2.99. The summed E-state index contributed by atoms with van der Waals surface area (Å²) in [4.78, 5) is 22.7. The predicted octanol–water partition coefficient (Wildman–Crippen LogP) is 2.42. The van der Waals surface area contributed by atoms with E-state index in [0.29, 0.717) is 18.7 Å². The number of nitrogens with one attached hydrogen (secondary N) is 1. The van der Waals surface area contributed by atoms with E-state index in [1.54, 1.807) is 0 Å². The molecule has 4 nitrogen and oxygen atoms in total. The van der Waals surface area contributed by atoms with Gasteiger partial charge in [-0.15, -0.1) is 11.8 Å². The lowest BCUT2D eigenvalue weighted by Crippen LogP contribution is -2.27. The summed E-state index contributed by atoms with van der Waals surface area (Å²) in [6, 6.07) is 10.2. The van der Waals surface area contributed by atoms with Gasteiger partial charge in [0.25, 0.3) is 0 Å². The second-order valence-electron chi connectivity index (χ2n) is 4.84. The molecular weight excluding hydrogens is 286 g/mol. The van der Waals surface area contributed by atoms with Crippen LogP contribution in [0.2, 0.25) is 0 Å². The molecule has 1 atom stereocenters. The van der Waals surface area contributed by atoms with Gasteiger partial charge in [-0.2, -0.15) is 0 Å². The molecule has 1 unspecified atom stereocenters. The molecule has 0 fully saturated rings. The Kier molecular flexibility index (Phi) is 8.59. The molecule has 0 radical (unpaired) electrons. The highest BCUT2D eigenvalue weighted by atomic mass is 32.2. The van der Waals surface area contributed by atoms with Gasteiger partial charge in [-0.25, -0.2) is 0 Å². The highest BCUT2D eigenvalue weighted by molar-refractivity contribution is 8.00.